The van der Waals surface area contributed by atoms with E-state index < -0.39 is 18.1 Å². The van der Waals surface area contributed by atoms with Gasteiger partial charge in [0.25, 0.3) is 0 Å². The molecule has 0 bridgehead atoms. The number of ether oxygens (including phenoxy) is 1. The molecule has 3 nitrogen and oxygen atoms in total. The van der Waals surface area contributed by atoms with Crippen LogP contribution >= 0.6 is 0 Å². The van der Waals surface area contributed by atoms with Gasteiger partial charge in [0.15, 0.2) is 0 Å². The van der Waals surface area contributed by atoms with Crippen molar-refractivity contribution in [1.82, 2.24) is 5.32 Å². The Labute approximate surface area is 107 Å². The van der Waals surface area contributed by atoms with E-state index in [2.05, 4.69) is 5.32 Å². The van der Waals surface area contributed by atoms with Crippen molar-refractivity contribution in [2.75, 3.05) is 19.8 Å². The van der Waals surface area contributed by atoms with Crippen LogP contribution in [0, 0.1) is 0 Å². The van der Waals surface area contributed by atoms with Gasteiger partial charge in [-0.25, -0.2) is 0 Å². The molecule has 0 aromatic heterocycles. The van der Waals surface area contributed by atoms with Gasteiger partial charge in [0.2, 0.25) is 0 Å². The molecule has 0 aromatic rings. The summed E-state index contributed by atoms with van der Waals surface area (Å²) >= 11 is 0. The van der Waals surface area contributed by atoms with Crippen molar-refractivity contribution in [3.8, 4) is 0 Å². The van der Waals surface area contributed by atoms with E-state index in [-0.39, 0.29) is 25.7 Å². The fourth-order valence-electron chi connectivity index (χ4n) is 1.67. The Morgan fingerprint density at radius 1 is 1.17 bits per heavy atom. The lowest BCUT2D eigenvalue weighted by molar-refractivity contribution is -0.138. The molecule has 0 aliphatic heterocycles. The zero-order valence-corrected chi connectivity index (χ0v) is 11.3. The van der Waals surface area contributed by atoms with Crippen molar-refractivity contribution in [2.45, 2.75) is 57.8 Å². The molecule has 0 amide bonds. The Hall–Kier alpha value is -0.330. The highest BCUT2D eigenvalue weighted by Gasteiger charge is 2.26. The predicted octanol–water partition coefficient (Wildman–Crippen LogP) is 2.48. The largest absolute Gasteiger partial charge is 0.394 e. The maximum absolute atomic E-state index is 11.9. The molecule has 0 radical (unpaired) electrons. The minimum absolute atomic E-state index is 0.0169. The summed E-state index contributed by atoms with van der Waals surface area (Å²) in [5.41, 5.74) is -0.446. The van der Waals surface area contributed by atoms with Crippen LogP contribution in [-0.4, -0.2) is 42.7 Å². The first-order valence-electron chi connectivity index (χ1n) is 6.21. The normalized spacial score (nSPS) is 16.0. The number of rotatable bonds is 9. The average molecular weight is 271 g/mol. The van der Waals surface area contributed by atoms with Crippen LogP contribution in [0.4, 0.5) is 13.2 Å². The second kappa shape index (κ2) is 7.96. The Kier molecular flexibility index (Phi) is 7.82. The topological polar surface area (TPSA) is 41.5 Å². The molecule has 0 saturated carbocycles. The van der Waals surface area contributed by atoms with Crippen LogP contribution in [0.1, 0.15) is 40.0 Å². The van der Waals surface area contributed by atoms with E-state index in [1.807, 2.05) is 20.8 Å². The number of aliphatic hydroxyl groups is 1. The van der Waals surface area contributed by atoms with Gasteiger partial charge >= 0.3 is 6.18 Å². The van der Waals surface area contributed by atoms with Crippen LogP contribution in [0.5, 0.6) is 0 Å². The van der Waals surface area contributed by atoms with Gasteiger partial charge in [-0.1, -0.05) is 13.8 Å². The van der Waals surface area contributed by atoms with Crippen LogP contribution in [-0.2, 0) is 4.74 Å². The fourth-order valence-corrected chi connectivity index (χ4v) is 1.67. The van der Waals surface area contributed by atoms with Gasteiger partial charge < -0.3 is 15.2 Å². The number of hydrogen-bond acceptors (Lipinski definition) is 3. The molecule has 1 atom stereocenters. The number of halogens is 3. The second-order valence-electron chi connectivity index (χ2n) is 5.10. The van der Waals surface area contributed by atoms with Crippen LogP contribution < -0.4 is 5.32 Å². The van der Waals surface area contributed by atoms with E-state index in [4.69, 9.17) is 4.74 Å². The van der Waals surface area contributed by atoms with E-state index in [1.54, 1.807) is 0 Å². The van der Waals surface area contributed by atoms with Crippen molar-refractivity contribution in [2.24, 2.45) is 0 Å². The lowest BCUT2D eigenvalue weighted by atomic mass is 9.98. The van der Waals surface area contributed by atoms with Gasteiger partial charge in [0, 0.05) is 31.2 Å². The first-order valence-corrected chi connectivity index (χ1v) is 6.21. The van der Waals surface area contributed by atoms with E-state index in [9.17, 15) is 18.3 Å². The molecular formula is C12H24F3NO2. The summed E-state index contributed by atoms with van der Waals surface area (Å²) in [6.45, 7) is 6.22. The van der Waals surface area contributed by atoms with Crippen molar-refractivity contribution < 1.29 is 23.0 Å². The monoisotopic (exact) mass is 271 g/mol. The Morgan fingerprint density at radius 2 is 1.78 bits per heavy atom. The highest BCUT2D eigenvalue weighted by atomic mass is 19.4. The van der Waals surface area contributed by atoms with E-state index >= 15 is 0 Å². The standard InChI is InChI=1S/C12H24F3NO2/c1-10(2)16-11(3,9-17)6-8-18-7-4-5-12(13,14)15/h10,16-17H,4-9H2,1-3H3. The van der Waals surface area contributed by atoms with Crippen molar-refractivity contribution in [3.05, 3.63) is 0 Å². The fraction of sp³-hybridized carbons (Fsp3) is 1.00. The van der Waals surface area contributed by atoms with E-state index in [0.29, 0.717) is 13.0 Å². The molecule has 0 spiro atoms. The van der Waals surface area contributed by atoms with Gasteiger partial charge in [-0.05, 0) is 19.8 Å². The smallest absolute Gasteiger partial charge is 0.389 e. The summed E-state index contributed by atoms with van der Waals surface area (Å²) in [7, 11) is 0. The zero-order chi connectivity index (χ0) is 14.2. The van der Waals surface area contributed by atoms with Crippen molar-refractivity contribution >= 4 is 0 Å². The second-order valence-corrected chi connectivity index (χ2v) is 5.10. The summed E-state index contributed by atoms with van der Waals surface area (Å²) in [6.07, 6.45) is -4.37. The minimum atomic E-state index is -4.11. The van der Waals surface area contributed by atoms with Gasteiger partial charge in [0.1, 0.15) is 0 Å². The highest BCUT2D eigenvalue weighted by molar-refractivity contribution is 4.83. The quantitative estimate of drug-likeness (QED) is 0.633. The number of alkyl halides is 3. The molecule has 0 aliphatic carbocycles. The summed E-state index contributed by atoms with van der Waals surface area (Å²) in [5, 5.41) is 12.5. The third kappa shape index (κ3) is 9.67. The molecule has 2 N–H and O–H groups in total. The number of hydrogen-bond donors (Lipinski definition) is 2. The predicted molar refractivity (Wildman–Crippen MR) is 64.5 cm³/mol. The number of aliphatic hydroxyl groups excluding tert-OH is 1. The van der Waals surface area contributed by atoms with Gasteiger partial charge in [-0.3, -0.25) is 0 Å². The van der Waals surface area contributed by atoms with Crippen molar-refractivity contribution in [1.29, 1.82) is 0 Å². The lowest BCUT2D eigenvalue weighted by Gasteiger charge is -2.31. The number of nitrogens with one attached hydrogen (secondary N) is 1. The van der Waals surface area contributed by atoms with Crippen molar-refractivity contribution in [3.63, 3.8) is 0 Å². The SMILES string of the molecule is CC(C)NC(C)(CO)CCOCCCC(F)(F)F. The van der Waals surface area contributed by atoms with Crippen LogP contribution in [0.2, 0.25) is 0 Å². The van der Waals surface area contributed by atoms with E-state index in [0.717, 1.165) is 0 Å². The Balaban J connectivity index is 3.69. The molecule has 0 fully saturated rings. The summed E-state index contributed by atoms with van der Waals surface area (Å²) in [6, 6.07) is 0.229. The molecule has 0 aromatic carbocycles. The third-order valence-electron chi connectivity index (χ3n) is 2.53. The van der Waals surface area contributed by atoms with Gasteiger partial charge in [0.05, 0.1) is 6.61 Å². The molecule has 0 rings (SSSR count). The van der Waals surface area contributed by atoms with E-state index in [1.165, 1.54) is 0 Å². The molecule has 110 valence electrons. The Morgan fingerprint density at radius 3 is 2.22 bits per heavy atom. The molecule has 1 unspecified atom stereocenters. The molecular weight excluding hydrogens is 247 g/mol. The van der Waals surface area contributed by atoms with Crippen LogP contribution in [0.3, 0.4) is 0 Å². The summed E-state index contributed by atoms with van der Waals surface area (Å²) in [4.78, 5) is 0. The third-order valence-corrected chi connectivity index (χ3v) is 2.53. The molecule has 6 heteroatoms. The minimum Gasteiger partial charge on any atom is -0.394 e. The Bertz CT molecular complexity index is 222. The molecule has 18 heavy (non-hydrogen) atoms. The average Bonchev–Trinajstić information content (AvgIpc) is 2.20. The maximum atomic E-state index is 11.9. The van der Waals surface area contributed by atoms with Crippen LogP contribution in [0.25, 0.3) is 0 Å². The molecule has 0 aliphatic rings. The zero-order valence-electron chi connectivity index (χ0n) is 11.3. The first-order chi connectivity index (χ1) is 8.18. The maximum Gasteiger partial charge on any atom is 0.389 e. The van der Waals surface area contributed by atoms with Crippen LogP contribution in [0.15, 0.2) is 0 Å². The highest BCUT2D eigenvalue weighted by Crippen LogP contribution is 2.21. The van der Waals surface area contributed by atoms with Gasteiger partial charge in [-0.15, -0.1) is 0 Å². The summed E-state index contributed by atoms with van der Waals surface area (Å²) < 4.78 is 40.7. The summed E-state index contributed by atoms with van der Waals surface area (Å²) in [5.74, 6) is 0. The first kappa shape index (κ1) is 17.7. The molecule has 0 heterocycles. The lowest BCUT2D eigenvalue weighted by Crippen LogP contribution is -2.49. The van der Waals surface area contributed by atoms with Gasteiger partial charge in [-0.2, -0.15) is 13.2 Å². The molecule has 0 saturated heterocycles.